The summed E-state index contributed by atoms with van der Waals surface area (Å²) in [6.45, 7) is 6.95. The van der Waals surface area contributed by atoms with Crippen LogP contribution in [0.3, 0.4) is 0 Å². The van der Waals surface area contributed by atoms with Gasteiger partial charge in [-0.3, -0.25) is 4.90 Å². The molecule has 0 aliphatic carbocycles. The van der Waals surface area contributed by atoms with Crippen LogP contribution in [-0.2, 0) is 6.54 Å². The largest absolute Gasteiger partial charge is 0.354 e. The third kappa shape index (κ3) is 3.66. The van der Waals surface area contributed by atoms with Crippen molar-refractivity contribution in [2.75, 3.05) is 31.1 Å². The number of fused-ring (bicyclic) bond motifs is 1. The Morgan fingerprint density at radius 3 is 2.72 bits per heavy atom. The molecule has 3 aromatic heterocycles. The molecule has 1 fully saturated rings. The molecule has 0 radical (unpaired) electrons. The molecule has 0 spiro atoms. The topological polar surface area (TPSA) is 36.7 Å². The molecule has 5 nitrogen and oxygen atoms in total. The first-order valence-corrected chi connectivity index (χ1v) is 9.48. The zero-order chi connectivity index (χ0) is 17.4. The summed E-state index contributed by atoms with van der Waals surface area (Å²) in [5.41, 5.74) is 3.22. The van der Waals surface area contributed by atoms with Gasteiger partial charge in [0, 0.05) is 55.8 Å². The fourth-order valence-electron chi connectivity index (χ4n) is 3.30. The molecular formula is C18H19BrClN5. The van der Waals surface area contributed by atoms with Crippen molar-refractivity contribution in [1.29, 1.82) is 0 Å². The third-order valence-corrected chi connectivity index (χ3v) is 5.20. The van der Waals surface area contributed by atoms with Crippen molar-refractivity contribution < 1.29 is 0 Å². The highest BCUT2D eigenvalue weighted by Gasteiger charge is 2.20. The molecule has 4 rings (SSSR count). The number of hydrogen-bond acceptors (Lipinski definition) is 4. The number of piperazine rings is 1. The maximum absolute atomic E-state index is 6.04. The van der Waals surface area contributed by atoms with Crippen LogP contribution in [0.5, 0.6) is 0 Å². The number of rotatable bonds is 3. The van der Waals surface area contributed by atoms with E-state index in [1.54, 1.807) is 0 Å². The Morgan fingerprint density at radius 1 is 1.16 bits per heavy atom. The third-order valence-electron chi connectivity index (χ3n) is 4.54. The summed E-state index contributed by atoms with van der Waals surface area (Å²) >= 11 is 9.52. The van der Waals surface area contributed by atoms with Crippen molar-refractivity contribution in [3.05, 3.63) is 57.5 Å². The molecule has 0 N–H and O–H groups in total. The van der Waals surface area contributed by atoms with Crippen molar-refractivity contribution in [2.24, 2.45) is 0 Å². The second-order valence-corrected chi connectivity index (χ2v) is 7.75. The Balaban J connectivity index is 1.41. The predicted molar refractivity (Wildman–Crippen MR) is 104 cm³/mol. The van der Waals surface area contributed by atoms with Crippen LogP contribution in [0.15, 0.2) is 41.3 Å². The van der Waals surface area contributed by atoms with E-state index in [-0.39, 0.29) is 0 Å². The molecule has 1 aliphatic heterocycles. The van der Waals surface area contributed by atoms with Gasteiger partial charge in [-0.05, 0) is 46.6 Å². The van der Waals surface area contributed by atoms with Gasteiger partial charge in [0.05, 0.1) is 10.7 Å². The molecule has 0 amide bonds. The lowest BCUT2D eigenvalue weighted by Crippen LogP contribution is -2.46. The number of hydrogen-bond donors (Lipinski definition) is 0. The monoisotopic (exact) mass is 419 g/mol. The molecule has 0 aromatic carbocycles. The summed E-state index contributed by atoms with van der Waals surface area (Å²) in [5, 5.41) is 0.724. The van der Waals surface area contributed by atoms with E-state index in [1.165, 1.54) is 5.56 Å². The van der Waals surface area contributed by atoms with Crippen LogP contribution in [0.25, 0.3) is 5.65 Å². The summed E-state index contributed by atoms with van der Waals surface area (Å²) in [6.07, 6.45) is 5.83. The minimum Gasteiger partial charge on any atom is -0.354 e. The number of aryl methyl sites for hydroxylation is 1. The molecule has 0 bridgehead atoms. The average molecular weight is 421 g/mol. The molecule has 130 valence electrons. The Morgan fingerprint density at radius 2 is 1.96 bits per heavy atom. The first-order valence-electron chi connectivity index (χ1n) is 8.31. The molecule has 3 aromatic rings. The Hall–Kier alpha value is -1.63. The quantitative estimate of drug-likeness (QED) is 0.646. The summed E-state index contributed by atoms with van der Waals surface area (Å²) < 4.78 is 3.02. The number of anilines is 1. The van der Waals surface area contributed by atoms with E-state index >= 15 is 0 Å². The van der Waals surface area contributed by atoms with Crippen LogP contribution in [0.1, 0.15) is 11.3 Å². The van der Waals surface area contributed by atoms with Gasteiger partial charge in [0.25, 0.3) is 0 Å². The summed E-state index contributed by atoms with van der Waals surface area (Å²) in [4.78, 5) is 14.1. The maximum atomic E-state index is 6.04. The predicted octanol–water partition coefficient (Wildman–Crippen LogP) is 3.78. The zero-order valence-electron chi connectivity index (χ0n) is 14.0. The lowest BCUT2D eigenvalue weighted by Gasteiger charge is -2.35. The summed E-state index contributed by atoms with van der Waals surface area (Å²) in [5.74, 6) is 1.09. The second kappa shape index (κ2) is 6.94. The van der Waals surface area contributed by atoms with Gasteiger partial charge in [0.2, 0.25) is 0 Å². The van der Waals surface area contributed by atoms with Crippen LogP contribution in [-0.4, -0.2) is 45.4 Å². The van der Waals surface area contributed by atoms with Crippen LogP contribution >= 0.6 is 27.5 Å². The molecule has 0 saturated carbocycles. The number of nitrogens with zero attached hydrogens (tertiary/aromatic N) is 5. The lowest BCUT2D eigenvalue weighted by molar-refractivity contribution is 0.247. The fourth-order valence-corrected chi connectivity index (χ4v) is 3.92. The minimum absolute atomic E-state index is 0.724. The van der Waals surface area contributed by atoms with Crippen molar-refractivity contribution in [3.63, 3.8) is 0 Å². The molecule has 7 heteroatoms. The van der Waals surface area contributed by atoms with E-state index in [4.69, 9.17) is 11.6 Å². The average Bonchev–Trinajstić information content (AvgIpc) is 2.97. The summed E-state index contributed by atoms with van der Waals surface area (Å²) in [6, 6.07) is 5.95. The smallest absolute Gasteiger partial charge is 0.137 e. The Kier molecular flexibility index (Phi) is 4.67. The van der Waals surface area contributed by atoms with Gasteiger partial charge >= 0.3 is 0 Å². The number of aromatic nitrogens is 3. The van der Waals surface area contributed by atoms with Crippen molar-refractivity contribution in [2.45, 2.75) is 13.5 Å². The van der Waals surface area contributed by atoms with Gasteiger partial charge in [-0.25, -0.2) is 9.97 Å². The molecule has 1 aliphatic rings. The molecule has 1 saturated heterocycles. The van der Waals surface area contributed by atoms with Gasteiger partial charge in [0.1, 0.15) is 11.5 Å². The van der Waals surface area contributed by atoms with E-state index in [9.17, 15) is 0 Å². The van der Waals surface area contributed by atoms with E-state index in [2.05, 4.69) is 54.9 Å². The van der Waals surface area contributed by atoms with Crippen molar-refractivity contribution in [1.82, 2.24) is 19.3 Å². The van der Waals surface area contributed by atoms with Crippen molar-refractivity contribution in [3.8, 4) is 0 Å². The first kappa shape index (κ1) is 16.8. The number of imidazole rings is 1. The molecule has 4 heterocycles. The molecular weight excluding hydrogens is 402 g/mol. The highest BCUT2D eigenvalue weighted by Crippen LogP contribution is 2.22. The standard InChI is InChI=1S/C18H19BrClN5/c1-13-8-14(19)9-21-18(13)24-6-4-23(5-7-24)11-16-12-25-10-15(20)2-3-17(25)22-16/h2-3,8-10,12H,4-7,11H2,1H3. The number of pyridine rings is 2. The SMILES string of the molecule is Cc1cc(Br)cnc1N1CCN(Cc2cn3cc(Cl)ccc3n2)CC1. The van der Waals surface area contributed by atoms with E-state index in [1.807, 2.05) is 28.9 Å². The van der Waals surface area contributed by atoms with Crippen LogP contribution in [0.4, 0.5) is 5.82 Å². The Labute approximate surface area is 160 Å². The molecule has 0 atom stereocenters. The lowest BCUT2D eigenvalue weighted by atomic mass is 10.2. The first-order chi connectivity index (χ1) is 12.1. The van der Waals surface area contributed by atoms with Crippen LogP contribution in [0, 0.1) is 6.92 Å². The Bertz CT molecular complexity index is 902. The van der Waals surface area contributed by atoms with Gasteiger partial charge < -0.3 is 9.30 Å². The minimum atomic E-state index is 0.724. The fraction of sp³-hybridized carbons (Fsp3) is 0.333. The summed E-state index contributed by atoms with van der Waals surface area (Å²) in [7, 11) is 0. The van der Waals surface area contributed by atoms with Crippen molar-refractivity contribution >= 4 is 39.0 Å². The molecule has 25 heavy (non-hydrogen) atoms. The van der Waals surface area contributed by atoms with E-state index < -0.39 is 0 Å². The maximum Gasteiger partial charge on any atom is 0.137 e. The second-order valence-electron chi connectivity index (χ2n) is 6.40. The highest BCUT2D eigenvalue weighted by molar-refractivity contribution is 9.10. The zero-order valence-corrected chi connectivity index (χ0v) is 16.3. The van der Waals surface area contributed by atoms with Gasteiger partial charge in [-0.1, -0.05) is 11.6 Å². The van der Waals surface area contributed by atoms with E-state index in [0.717, 1.165) is 59.4 Å². The normalized spacial score (nSPS) is 15.9. The van der Waals surface area contributed by atoms with E-state index in [0.29, 0.717) is 0 Å². The van der Waals surface area contributed by atoms with Gasteiger partial charge in [0.15, 0.2) is 0 Å². The number of halogens is 2. The van der Waals surface area contributed by atoms with Gasteiger partial charge in [-0.15, -0.1) is 0 Å². The van der Waals surface area contributed by atoms with Crippen LogP contribution < -0.4 is 4.90 Å². The van der Waals surface area contributed by atoms with Gasteiger partial charge in [-0.2, -0.15) is 0 Å². The highest BCUT2D eigenvalue weighted by atomic mass is 79.9. The van der Waals surface area contributed by atoms with Crippen LogP contribution in [0.2, 0.25) is 5.02 Å². The molecule has 0 unspecified atom stereocenters.